The van der Waals surface area contributed by atoms with Crippen molar-refractivity contribution in [1.29, 1.82) is 0 Å². The Morgan fingerprint density at radius 3 is 1.53 bits per heavy atom. The van der Waals surface area contributed by atoms with Gasteiger partial charge in [-0.3, -0.25) is 0 Å². The Hall–Kier alpha value is -1.46. The van der Waals surface area contributed by atoms with Crippen molar-refractivity contribution in [3.8, 4) is 11.5 Å². The Morgan fingerprint density at radius 1 is 0.706 bits per heavy atom. The van der Waals surface area contributed by atoms with Crippen LogP contribution in [0.1, 0.15) is 43.2 Å². The van der Waals surface area contributed by atoms with E-state index in [0.717, 1.165) is 36.5 Å². The zero-order chi connectivity index (χ0) is 22.9. The molecule has 4 aliphatic carbocycles. The van der Waals surface area contributed by atoms with Gasteiger partial charge in [0.2, 0.25) is 0 Å². The van der Waals surface area contributed by atoms with Gasteiger partial charge in [0.25, 0.3) is 0 Å². The maximum Gasteiger partial charge on any atom is 0.138 e. The van der Waals surface area contributed by atoms with Crippen LogP contribution in [0.5, 0.6) is 11.5 Å². The summed E-state index contributed by atoms with van der Waals surface area (Å²) in [6, 6.07) is 12.9. The normalized spacial score (nSPS) is 37.0. The van der Waals surface area contributed by atoms with Crippen molar-refractivity contribution in [1.82, 2.24) is 0 Å². The minimum atomic E-state index is -0.0725. The average molecular weight is 501 g/mol. The predicted molar refractivity (Wildman–Crippen MR) is 131 cm³/mol. The summed E-state index contributed by atoms with van der Waals surface area (Å²) in [5.41, 5.74) is 2.53. The Bertz CT molecular complexity index is 998. The molecule has 2 aromatic carbocycles. The maximum absolute atomic E-state index is 6.81. The molecule has 0 aromatic heterocycles. The molecule has 34 heavy (non-hydrogen) atoms. The molecule has 6 fully saturated rings. The zero-order valence-electron chi connectivity index (χ0n) is 19.2. The molecule has 6 heteroatoms. The number of hydrogen-bond acceptors (Lipinski definition) is 4. The van der Waals surface area contributed by atoms with Crippen LogP contribution in [0.4, 0.5) is 0 Å². The zero-order valence-corrected chi connectivity index (χ0v) is 20.7. The molecule has 0 N–H and O–H groups in total. The van der Waals surface area contributed by atoms with Crippen LogP contribution in [0.3, 0.4) is 0 Å². The van der Waals surface area contributed by atoms with E-state index in [1.807, 2.05) is 0 Å². The molecule has 0 radical (unpaired) electrons. The third-order valence-corrected chi connectivity index (χ3v) is 9.49. The first-order valence-corrected chi connectivity index (χ1v) is 13.4. The molecule has 8 rings (SSSR count). The highest BCUT2D eigenvalue weighted by molar-refractivity contribution is 6.32. The second-order valence-corrected chi connectivity index (χ2v) is 11.8. The lowest BCUT2D eigenvalue weighted by Gasteiger charge is -2.62. The summed E-state index contributed by atoms with van der Waals surface area (Å²) in [4.78, 5) is 0. The third kappa shape index (κ3) is 3.73. The molecule has 2 heterocycles. The second kappa shape index (κ2) is 8.30. The highest BCUT2D eigenvalue weighted by Gasteiger charge is 2.58. The van der Waals surface area contributed by atoms with Crippen LogP contribution in [0.15, 0.2) is 36.4 Å². The molecule has 2 aromatic rings. The third-order valence-electron chi connectivity index (χ3n) is 8.90. The van der Waals surface area contributed by atoms with E-state index >= 15 is 0 Å². The van der Waals surface area contributed by atoms with Crippen molar-refractivity contribution in [2.75, 3.05) is 26.4 Å². The van der Waals surface area contributed by atoms with Gasteiger partial charge in [-0.25, -0.2) is 0 Å². The fourth-order valence-corrected chi connectivity index (χ4v) is 7.95. The molecule has 0 spiro atoms. The van der Waals surface area contributed by atoms with Crippen molar-refractivity contribution >= 4 is 23.2 Å². The van der Waals surface area contributed by atoms with E-state index in [0.29, 0.717) is 35.1 Å². The van der Waals surface area contributed by atoms with Crippen molar-refractivity contribution in [3.05, 3.63) is 57.6 Å². The number of hydrogen-bond donors (Lipinski definition) is 0. The van der Waals surface area contributed by atoms with Crippen LogP contribution in [0.2, 0.25) is 10.0 Å². The fourth-order valence-electron chi connectivity index (χ4n) is 7.48. The van der Waals surface area contributed by atoms with E-state index in [9.17, 15) is 0 Å². The SMILES string of the molecule is Clc1cc(C2(c3ccc(OCC4CO4)c(Cl)c3)C3CC4CC(C3)CC2C4)ccc1OCC1CO1. The molecule has 2 atom stereocenters. The van der Waals surface area contributed by atoms with Gasteiger partial charge in [0.1, 0.15) is 36.9 Å². The van der Waals surface area contributed by atoms with Crippen LogP contribution < -0.4 is 9.47 Å². The van der Waals surface area contributed by atoms with Crippen molar-refractivity contribution in [2.45, 2.75) is 49.7 Å². The molecule has 2 saturated heterocycles. The van der Waals surface area contributed by atoms with Gasteiger partial charge in [-0.2, -0.15) is 0 Å². The Balaban J connectivity index is 1.27. The molecule has 0 amide bonds. The van der Waals surface area contributed by atoms with Crippen LogP contribution >= 0.6 is 23.2 Å². The summed E-state index contributed by atoms with van der Waals surface area (Å²) in [7, 11) is 0. The Morgan fingerprint density at radius 2 is 1.15 bits per heavy atom. The standard InChI is InChI=1S/C28H30Cl2O4/c29-24-10-18(1-3-26(24)33-14-22-12-31-22)28(20-6-16-5-17(8-20)9-21(28)7-16)19-2-4-27(25(30)11-19)34-15-23-13-32-23/h1-4,10-11,16-17,20-23H,5-9,12-15H2. The molecule has 4 saturated carbocycles. The van der Waals surface area contributed by atoms with Gasteiger partial charge in [-0.1, -0.05) is 35.3 Å². The topological polar surface area (TPSA) is 43.5 Å². The van der Waals surface area contributed by atoms with Gasteiger partial charge in [-0.15, -0.1) is 0 Å². The molecule has 2 aliphatic heterocycles. The smallest absolute Gasteiger partial charge is 0.138 e. The first-order valence-electron chi connectivity index (χ1n) is 12.7. The number of rotatable bonds is 8. The van der Waals surface area contributed by atoms with E-state index in [-0.39, 0.29) is 17.6 Å². The summed E-state index contributed by atoms with van der Waals surface area (Å²) >= 11 is 13.6. The van der Waals surface area contributed by atoms with Crippen LogP contribution in [0.25, 0.3) is 0 Å². The summed E-state index contributed by atoms with van der Waals surface area (Å²) in [5, 5.41) is 1.36. The van der Waals surface area contributed by atoms with E-state index in [1.54, 1.807) is 0 Å². The van der Waals surface area contributed by atoms with Crippen LogP contribution in [-0.4, -0.2) is 38.6 Å². The minimum absolute atomic E-state index is 0.0725. The second-order valence-electron chi connectivity index (χ2n) is 11.0. The lowest BCUT2D eigenvalue weighted by atomic mass is 9.42. The molecule has 6 aliphatic rings. The van der Waals surface area contributed by atoms with E-state index < -0.39 is 0 Å². The highest BCUT2D eigenvalue weighted by Crippen LogP contribution is 2.65. The molecular formula is C28H30Cl2O4. The number of epoxide rings is 2. The predicted octanol–water partition coefficient (Wildman–Crippen LogP) is 6.29. The quantitative estimate of drug-likeness (QED) is 0.399. The number of benzene rings is 2. The van der Waals surface area contributed by atoms with E-state index in [4.69, 9.17) is 42.1 Å². The Labute approximate surface area is 210 Å². The average Bonchev–Trinajstić information content (AvgIpc) is 3.73. The minimum Gasteiger partial charge on any atom is -0.489 e. The monoisotopic (exact) mass is 500 g/mol. The number of ether oxygens (including phenoxy) is 4. The summed E-state index contributed by atoms with van der Waals surface area (Å²) in [6.07, 6.45) is 6.99. The van der Waals surface area contributed by atoms with Gasteiger partial charge >= 0.3 is 0 Å². The molecule has 4 nitrogen and oxygen atoms in total. The van der Waals surface area contributed by atoms with Gasteiger partial charge < -0.3 is 18.9 Å². The number of halogens is 2. The summed E-state index contributed by atoms with van der Waals surface area (Å²) in [6.45, 7) is 2.67. The summed E-state index contributed by atoms with van der Waals surface area (Å²) in [5.74, 6) is 4.42. The molecular weight excluding hydrogens is 471 g/mol. The van der Waals surface area contributed by atoms with Crippen molar-refractivity contribution in [3.63, 3.8) is 0 Å². The molecule has 180 valence electrons. The lowest BCUT2D eigenvalue weighted by molar-refractivity contribution is -0.0418. The van der Waals surface area contributed by atoms with Gasteiger partial charge in [0.15, 0.2) is 0 Å². The maximum atomic E-state index is 6.81. The van der Waals surface area contributed by atoms with E-state index in [1.165, 1.54) is 43.2 Å². The van der Waals surface area contributed by atoms with Crippen molar-refractivity contribution < 1.29 is 18.9 Å². The first-order chi connectivity index (χ1) is 16.6. The van der Waals surface area contributed by atoms with Gasteiger partial charge in [0, 0.05) is 5.41 Å². The van der Waals surface area contributed by atoms with Gasteiger partial charge in [0.05, 0.1) is 23.3 Å². The lowest BCUT2D eigenvalue weighted by Crippen LogP contribution is -2.56. The largest absolute Gasteiger partial charge is 0.489 e. The fraction of sp³-hybridized carbons (Fsp3) is 0.571. The first kappa shape index (κ1) is 21.8. The van der Waals surface area contributed by atoms with Crippen molar-refractivity contribution in [2.24, 2.45) is 23.7 Å². The van der Waals surface area contributed by atoms with Crippen LogP contribution in [-0.2, 0) is 14.9 Å². The van der Waals surface area contributed by atoms with Crippen LogP contribution in [0, 0.1) is 23.7 Å². The molecule has 4 bridgehead atoms. The Kier molecular flexibility index (Phi) is 5.32. The summed E-state index contributed by atoms with van der Waals surface area (Å²) < 4.78 is 22.5. The highest BCUT2D eigenvalue weighted by atomic mass is 35.5. The molecule has 2 unspecified atom stereocenters. The van der Waals surface area contributed by atoms with Gasteiger partial charge in [-0.05, 0) is 91.2 Å². The van der Waals surface area contributed by atoms with E-state index in [2.05, 4.69) is 36.4 Å².